The number of nitrogens with zero attached hydrogens (tertiary/aromatic N) is 1. The molecule has 1 amide bonds. The van der Waals surface area contributed by atoms with Crippen LogP contribution in [0.2, 0.25) is 5.02 Å². The highest BCUT2D eigenvalue weighted by Crippen LogP contribution is 2.29. The van der Waals surface area contributed by atoms with Crippen molar-refractivity contribution in [2.24, 2.45) is 0 Å². The van der Waals surface area contributed by atoms with Crippen LogP contribution in [0, 0.1) is 12.7 Å². The molecule has 0 aliphatic carbocycles. The minimum Gasteiger partial charge on any atom is -0.350 e. The fraction of sp³-hybridized carbons (Fsp3) is 0.143. The van der Waals surface area contributed by atoms with Crippen LogP contribution >= 0.6 is 11.6 Å². The number of hydrogen-bond donors (Lipinski definition) is 1. The third-order valence-corrected chi connectivity index (χ3v) is 6.88. The van der Waals surface area contributed by atoms with Gasteiger partial charge in [-0.3, -0.25) is 9.78 Å². The summed E-state index contributed by atoms with van der Waals surface area (Å²) in [4.78, 5) is 16.5. The quantitative estimate of drug-likeness (QED) is 0.594. The molecule has 150 valence electrons. The first kappa shape index (κ1) is 21.0. The first-order chi connectivity index (χ1) is 13.8. The maximum absolute atomic E-state index is 13.6. The van der Waals surface area contributed by atoms with Gasteiger partial charge in [0.25, 0.3) is 5.91 Å². The molecule has 0 aliphatic rings. The number of carbonyl (C=O) groups is 1. The van der Waals surface area contributed by atoms with E-state index in [4.69, 9.17) is 11.6 Å². The number of carbonyl (C=O) groups excluding carboxylic acids is 1. The van der Waals surface area contributed by atoms with Gasteiger partial charge in [0.15, 0.2) is 9.84 Å². The SMILES string of the molecule is Cc1cc(S(=O)(=O)C(CNC(=O)c2ccccc2Cl)c2cccnc2)ccc1F. The van der Waals surface area contributed by atoms with Gasteiger partial charge < -0.3 is 5.32 Å². The van der Waals surface area contributed by atoms with E-state index in [1.807, 2.05) is 0 Å². The molecule has 3 aromatic rings. The summed E-state index contributed by atoms with van der Waals surface area (Å²) in [5, 5.41) is 1.80. The first-order valence-electron chi connectivity index (χ1n) is 8.73. The number of nitrogens with one attached hydrogen (secondary N) is 1. The molecule has 1 unspecified atom stereocenters. The number of aryl methyl sites for hydroxylation is 1. The van der Waals surface area contributed by atoms with Crippen LogP contribution in [0.3, 0.4) is 0 Å². The highest BCUT2D eigenvalue weighted by Gasteiger charge is 2.30. The van der Waals surface area contributed by atoms with Crippen LogP contribution in [0.15, 0.2) is 71.9 Å². The Kier molecular flexibility index (Phi) is 6.30. The van der Waals surface area contributed by atoms with Gasteiger partial charge in [-0.1, -0.05) is 29.8 Å². The molecule has 0 bridgehead atoms. The molecule has 0 saturated heterocycles. The van der Waals surface area contributed by atoms with Crippen molar-refractivity contribution in [3.05, 3.63) is 94.5 Å². The number of aromatic nitrogens is 1. The monoisotopic (exact) mass is 432 g/mol. The van der Waals surface area contributed by atoms with Crippen LogP contribution in [0.4, 0.5) is 4.39 Å². The molecule has 3 rings (SSSR count). The Balaban J connectivity index is 1.94. The maximum atomic E-state index is 13.6. The van der Waals surface area contributed by atoms with Crippen LogP contribution in [-0.2, 0) is 9.84 Å². The van der Waals surface area contributed by atoms with E-state index in [0.717, 1.165) is 6.07 Å². The lowest BCUT2D eigenvalue weighted by molar-refractivity contribution is 0.0954. The van der Waals surface area contributed by atoms with Gasteiger partial charge in [-0.2, -0.15) is 0 Å². The number of benzene rings is 2. The zero-order valence-electron chi connectivity index (χ0n) is 15.5. The molecular weight excluding hydrogens is 415 g/mol. The van der Waals surface area contributed by atoms with Crippen LogP contribution in [-0.4, -0.2) is 25.9 Å². The van der Waals surface area contributed by atoms with Gasteiger partial charge in [0.2, 0.25) is 0 Å². The van der Waals surface area contributed by atoms with Crippen LogP contribution in [0.5, 0.6) is 0 Å². The van der Waals surface area contributed by atoms with Gasteiger partial charge in [0.1, 0.15) is 11.1 Å². The average molecular weight is 433 g/mol. The average Bonchev–Trinajstić information content (AvgIpc) is 2.71. The van der Waals surface area contributed by atoms with Gasteiger partial charge >= 0.3 is 0 Å². The third-order valence-electron chi connectivity index (χ3n) is 4.46. The normalized spacial score (nSPS) is 12.4. The molecule has 2 aromatic carbocycles. The molecule has 1 aromatic heterocycles. The van der Waals surface area contributed by atoms with Crippen LogP contribution in [0.1, 0.15) is 26.7 Å². The summed E-state index contributed by atoms with van der Waals surface area (Å²) in [6.07, 6.45) is 2.96. The van der Waals surface area contributed by atoms with Crippen molar-refractivity contribution >= 4 is 27.3 Å². The fourth-order valence-electron chi connectivity index (χ4n) is 2.86. The van der Waals surface area contributed by atoms with E-state index in [1.54, 1.807) is 36.4 Å². The first-order valence-corrected chi connectivity index (χ1v) is 10.7. The van der Waals surface area contributed by atoms with Gasteiger partial charge in [0.05, 0.1) is 15.5 Å². The summed E-state index contributed by atoms with van der Waals surface area (Å²) in [5.74, 6) is -0.983. The number of pyridine rings is 1. The Morgan fingerprint density at radius 2 is 1.93 bits per heavy atom. The van der Waals surface area contributed by atoms with Gasteiger partial charge in [-0.05, 0) is 54.4 Å². The molecule has 29 heavy (non-hydrogen) atoms. The van der Waals surface area contributed by atoms with Crippen molar-refractivity contribution in [3.8, 4) is 0 Å². The molecule has 0 fully saturated rings. The van der Waals surface area contributed by atoms with Crippen molar-refractivity contribution in [2.75, 3.05) is 6.54 Å². The predicted molar refractivity (Wildman–Crippen MR) is 109 cm³/mol. The van der Waals surface area contributed by atoms with E-state index in [9.17, 15) is 17.6 Å². The van der Waals surface area contributed by atoms with E-state index in [-0.39, 0.29) is 27.6 Å². The standard InChI is InChI=1S/C21H18ClFN2O3S/c1-14-11-16(8-9-19(14)23)29(27,28)20(15-5-4-10-24-12-15)13-25-21(26)17-6-2-3-7-18(17)22/h2-12,20H,13H2,1H3,(H,25,26). The lowest BCUT2D eigenvalue weighted by atomic mass is 10.2. The zero-order chi connectivity index (χ0) is 21.0. The molecule has 0 aliphatic heterocycles. The topological polar surface area (TPSA) is 76.1 Å². The third kappa shape index (κ3) is 4.63. The van der Waals surface area contributed by atoms with E-state index >= 15 is 0 Å². The maximum Gasteiger partial charge on any atom is 0.252 e. The Morgan fingerprint density at radius 1 is 1.17 bits per heavy atom. The number of halogens is 2. The van der Waals surface area contributed by atoms with Gasteiger partial charge in [0, 0.05) is 18.9 Å². The Morgan fingerprint density at radius 3 is 2.59 bits per heavy atom. The highest BCUT2D eigenvalue weighted by molar-refractivity contribution is 7.91. The van der Waals surface area contributed by atoms with Crippen molar-refractivity contribution in [1.82, 2.24) is 10.3 Å². The van der Waals surface area contributed by atoms with Crippen molar-refractivity contribution in [1.29, 1.82) is 0 Å². The predicted octanol–water partition coefficient (Wildman–Crippen LogP) is 4.13. The summed E-state index contributed by atoms with van der Waals surface area (Å²) in [7, 11) is -3.94. The molecule has 1 atom stereocenters. The zero-order valence-corrected chi connectivity index (χ0v) is 17.0. The lowest BCUT2D eigenvalue weighted by Crippen LogP contribution is -2.32. The van der Waals surface area contributed by atoms with E-state index in [2.05, 4.69) is 10.3 Å². The minimum atomic E-state index is -3.94. The summed E-state index contributed by atoms with van der Waals surface area (Å²) in [5.41, 5.74) is 0.874. The smallest absolute Gasteiger partial charge is 0.252 e. The van der Waals surface area contributed by atoms with Crippen molar-refractivity contribution in [3.63, 3.8) is 0 Å². The Bertz CT molecular complexity index is 1140. The fourth-order valence-corrected chi connectivity index (χ4v) is 4.81. The highest BCUT2D eigenvalue weighted by atomic mass is 35.5. The number of sulfone groups is 1. The second-order valence-corrected chi connectivity index (χ2v) is 8.96. The summed E-state index contributed by atoms with van der Waals surface area (Å²) < 4.78 is 40.2. The van der Waals surface area contributed by atoms with Gasteiger partial charge in [-0.15, -0.1) is 0 Å². The van der Waals surface area contributed by atoms with Crippen LogP contribution < -0.4 is 5.32 Å². The largest absolute Gasteiger partial charge is 0.350 e. The molecule has 0 radical (unpaired) electrons. The lowest BCUT2D eigenvalue weighted by Gasteiger charge is -2.19. The number of amides is 1. The molecule has 5 nitrogen and oxygen atoms in total. The van der Waals surface area contributed by atoms with Crippen LogP contribution in [0.25, 0.3) is 0 Å². The summed E-state index contributed by atoms with van der Waals surface area (Å²) in [6, 6.07) is 13.3. The second-order valence-electron chi connectivity index (χ2n) is 6.42. The van der Waals surface area contributed by atoms with E-state index < -0.39 is 26.8 Å². The molecule has 1 heterocycles. The molecule has 0 saturated carbocycles. The van der Waals surface area contributed by atoms with E-state index in [1.165, 1.54) is 31.5 Å². The summed E-state index contributed by atoms with van der Waals surface area (Å²) in [6.45, 7) is 1.29. The molecule has 0 spiro atoms. The number of hydrogen-bond acceptors (Lipinski definition) is 4. The molecular formula is C21H18ClFN2O3S. The minimum absolute atomic E-state index is 0.0303. The van der Waals surface area contributed by atoms with Crippen molar-refractivity contribution in [2.45, 2.75) is 17.1 Å². The molecule has 8 heteroatoms. The summed E-state index contributed by atoms with van der Waals surface area (Å²) >= 11 is 6.04. The van der Waals surface area contributed by atoms with Gasteiger partial charge in [-0.25, -0.2) is 12.8 Å². The number of rotatable bonds is 6. The van der Waals surface area contributed by atoms with E-state index in [0.29, 0.717) is 5.56 Å². The van der Waals surface area contributed by atoms with Crippen molar-refractivity contribution < 1.29 is 17.6 Å². The Labute approximate surface area is 173 Å². The second kappa shape index (κ2) is 8.71. The Hall–Kier alpha value is -2.77. The molecule has 1 N–H and O–H groups in total.